The third kappa shape index (κ3) is 4.24. The summed E-state index contributed by atoms with van der Waals surface area (Å²) < 4.78 is 0. The van der Waals surface area contributed by atoms with Gasteiger partial charge in [-0.15, -0.1) is 0 Å². The number of aryl methyl sites for hydroxylation is 1. The highest BCUT2D eigenvalue weighted by molar-refractivity contribution is 5.94. The number of aromatic amines is 1. The van der Waals surface area contributed by atoms with Crippen molar-refractivity contribution in [1.82, 2.24) is 14.9 Å². The van der Waals surface area contributed by atoms with Gasteiger partial charge in [0.1, 0.15) is 5.82 Å². The molecule has 1 amide bonds. The first-order valence-corrected chi connectivity index (χ1v) is 9.48. The topological polar surface area (TPSA) is 66.1 Å². The van der Waals surface area contributed by atoms with Crippen LogP contribution in [0.4, 0.5) is 0 Å². The maximum atomic E-state index is 13.3. The van der Waals surface area contributed by atoms with Crippen LogP contribution in [-0.2, 0) is 13.1 Å². The number of fused-ring (bicyclic) bond motifs is 1. The molecule has 1 N–H and O–H groups in total. The zero-order chi connectivity index (χ0) is 20.2. The van der Waals surface area contributed by atoms with Crippen LogP contribution in [0.3, 0.4) is 0 Å². The van der Waals surface area contributed by atoms with E-state index in [1.807, 2.05) is 73.7 Å². The molecule has 4 aromatic rings. The Labute approximate surface area is 168 Å². The number of para-hydroxylation sites is 1. The van der Waals surface area contributed by atoms with Crippen LogP contribution in [0.2, 0.25) is 0 Å². The van der Waals surface area contributed by atoms with E-state index in [2.05, 4.69) is 9.97 Å². The molecule has 4 rings (SSSR count). The molecule has 0 aliphatic rings. The highest BCUT2D eigenvalue weighted by Crippen LogP contribution is 2.15. The maximum absolute atomic E-state index is 13.3. The van der Waals surface area contributed by atoms with Gasteiger partial charge in [-0.2, -0.15) is 0 Å². The van der Waals surface area contributed by atoms with Gasteiger partial charge in [-0.1, -0.05) is 60.2 Å². The van der Waals surface area contributed by atoms with E-state index in [1.54, 1.807) is 17.0 Å². The van der Waals surface area contributed by atoms with Crippen molar-refractivity contribution in [1.29, 1.82) is 0 Å². The van der Waals surface area contributed by atoms with E-state index in [9.17, 15) is 9.59 Å². The normalized spacial score (nSPS) is 10.8. The summed E-state index contributed by atoms with van der Waals surface area (Å²) in [7, 11) is 0. The summed E-state index contributed by atoms with van der Waals surface area (Å²) in [4.78, 5) is 34.8. The van der Waals surface area contributed by atoms with Gasteiger partial charge in [0.05, 0.1) is 17.4 Å². The molecule has 1 heterocycles. The van der Waals surface area contributed by atoms with Crippen LogP contribution in [-0.4, -0.2) is 20.8 Å². The molecule has 144 valence electrons. The van der Waals surface area contributed by atoms with E-state index < -0.39 is 0 Å². The fraction of sp³-hybridized carbons (Fsp3) is 0.125. The Morgan fingerprint density at radius 3 is 2.48 bits per heavy atom. The second kappa shape index (κ2) is 8.10. The van der Waals surface area contributed by atoms with Gasteiger partial charge in [0, 0.05) is 12.1 Å². The van der Waals surface area contributed by atoms with Gasteiger partial charge in [-0.05, 0) is 36.8 Å². The van der Waals surface area contributed by atoms with Gasteiger partial charge in [0.15, 0.2) is 0 Å². The van der Waals surface area contributed by atoms with Crippen LogP contribution in [0.25, 0.3) is 10.9 Å². The largest absolute Gasteiger partial charge is 0.327 e. The van der Waals surface area contributed by atoms with Gasteiger partial charge in [0.2, 0.25) is 0 Å². The van der Waals surface area contributed by atoms with E-state index in [4.69, 9.17) is 0 Å². The molecule has 0 radical (unpaired) electrons. The summed E-state index contributed by atoms with van der Waals surface area (Å²) in [6, 6.07) is 24.5. The summed E-state index contributed by atoms with van der Waals surface area (Å²) >= 11 is 0. The summed E-state index contributed by atoms with van der Waals surface area (Å²) in [6.07, 6.45) is 0. The average molecular weight is 383 g/mol. The van der Waals surface area contributed by atoms with Crippen molar-refractivity contribution in [3.05, 3.63) is 112 Å². The molecule has 0 bridgehead atoms. The zero-order valence-corrected chi connectivity index (χ0v) is 16.1. The molecular weight excluding hydrogens is 362 g/mol. The van der Waals surface area contributed by atoms with E-state index in [0.717, 1.165) is 11.1 Å². The predicted octanol–water partition coefficient (Wildman–Crippen LogP) is 4.07. The lowest BCUT2D eigenvalue weighted by atomic mass is 10.1. The molecule has 0 aliphatic carbocycles. The summed E-state index contributed by atoms with van der Waals surface area (Å²) in [5, 5.41) is 0.538. The first-order chi connectivity index (χ1) is 14.1. The van der Waals surface area contributed by atoms with Crippen LogP contribution in [0.5, 0.6) is 0 Å². The minimum absolute atomic E-state index is 0.103. The molecule has 5 heteroatoms. The van der Waals surface area contributed by atoms with Crippen LogP contribution in [0, 0.1) is 6.92 Å². The number of aromatic nitrogens is 2. The number of carbonyl (C=O) groups excluding carboxylic acids is 1. The minimum atomic E-state index is -0.201. The van der Waals surface area contributed by atoms with Crippen molar-refractivity contribution in [2.45, 2.75) is 20.0 Å². The average Bonchev–Trinajstić information content (AvgIpc) is 2.73. The number of nitrogens with zero attached hydrogens (tertiary/aromatic N) is 2. The van der Waals surface area contributed by atoms with Gasteiger partial charge < -0.3 is 9.88 Å². The number of hydrogen-bond donors (Lipinski definition) is 1. The lowest BCUT2D eigenvalue weighted by Gasteiger charge is -2.23. The molecular formula is C24H21N3O2. The number of benzene rings is 3. The summed E-state index contributed by atoms with van der Waals surface area (Å²) in [5.41, 5.74) is 3.07. The van der Waals surface area contributed by atoms with Crippen LogP contribution in [0.1, 0.15) is 27.3 Å². The van der Waals surface area contributed by atoms with Crippen molar-refractivity contribution in [2.24, 2.45) is 0 Å². The Morgan fingerprint density at radius 2 is 1.69 bits per heavy atom. The molecule has 1 aromatic heterocycles. The number of nitrogens with one attached hydrogen (secondary N) is 1. The molecule has 0 saturated heterocycles. The molecule has 0 unspecified atom stereocenters. The Balaban J connectivity index is 1.70. The smallest absolute Gasteiger partial charge is 0.258 e. The van der Waals surface area contributed by atoms with E-state index in [-0.39, 0.29) is 18.0 Å². The Hall–Kier alpha value is -3.73. The predicted molar refractivity (Wildman–Crippen MR) is 114 cm³/mol. The first kappa shape index (κ1) is 18.6. The monoisotopic (exact) mass is 383 g/mol. The van der Waals surface area contributed by atoms with E-state index in [1.165, 1.54) is 0 Å². The van der Waals surface area contributed by atoms with Crippen molar-refractivity contribution in [3.8, 4) is 0 Å². The van der Waals surface area contributed by atoms with Crippen LogP contribution >= 0.6 is 0 Å². The van der Waals surface area contributed by atoms with Crippen LogP contribution < -0.4 is 5.56 Å². The Bertz CT molecular complexity index is 1220. The zero-order valence-electron chi connectivity index (χ0n) is 16.1. The SMILES string of the molecule is Cc1cccc(C(=O)N(Cc2ccccc2)Cc2nc3ccccc3c(=O)[nH]2)c1. The number of amides is 1. The van der Waals surface area contributed by atoms with Crippen molar-refractivity contribution in [3.63, 3.8) is 0 Å². The molecule has 5 nitrogen and oxygen atoms in total. The van der Waals surface area contributed by atoms with Crippen molar-refractivity contribution < 1.29 is 4.79 Å². The molecule has 0 aliphatic heterocycles. The quantitative estimate of drug-likeness (QED) is 0.565. The van der Waals surface area contributed by atoms with Gasteiger partial charge in [-0.3, -0.25) is 9.59 Å². The summed E-state index contributed by atoms with van der Waals surface area (Å²) in [6.45, 7) is 2.59. The van der Waals surface area contributed by atoms with Gasteiger partial charge >= 0.3 is 0 Å². The Morgan fingerprint density at radius 1 is 0.931 bits per heavy atom. The molecule has 29 heavy (non-hydrogen) atoms. The second-order valence-corrected chi connectivity index (χ2v) is 7.05. The van der Waals surface area contributed by atoms with Gasteiger partial charge in [-0.25, -0.2) is 4.98 Å². The molecule has 0 fully saturated rings. The fourth-order valence-electron chi connectivity index (χ4n) is 3.35. The Kier molecular flexibility index (Phi) is 5.20. The maximum Gasteiger partial charge on any atom is 0.258 e. The number of H-pyrrole nitrogens is 1. The van der Waals surface area contributed by atoms with Crippen molar-refractivity contribution in [2.75, 3.05) is 0 Å². The van der Waals surface area contributed by atoms with Gasteiger partial charge in [0.25, 0.3) is 11.5 Å². The minimum Gasteiger partial charge on any atom is -0.327 e. The molecule has 0 spiro atoms. The molecule has 0 atom stereocenters. The fourth-order valence-corrected chi connectivity index (χ4v) is 3.35. The number of hydrogen-bond acceptors (Lipinski definition) is 3. The highest BCUT2D eigenvalue weighted by Gasteiger charge is 2.18. The lowest BCUT2D eigenvalue weighted by molar-refractivity contribution is 0.0725. The number of carbonyl (C=O) groups is 1. The second-order valence-electron chi connectivity index (χ2n) is 7.05. The van der Waals surface area contributed by atoms with E-state index in [0.29, 0.717) is 28.8 Å². The van der Waals surface area contributed by atoms with E-state index >= 15 is 0 Å². The molecule has 0 saturated carbocycles. The first-order valence-electron chi connectivity index (χ1n) is 9.48. The third-order valence-corrected chi connectivity index (χ3v) is 4.77. The third-order valence-electron chi connectivity index (χ3n) is 4.77. The van der Waals surface area contributed by atoms with Crippen molar-refractivity contribution >= 4 is 16.8 Å². The van der Waals surface area contributed by atoms with Crippen LogP contribution in [0.15, 0.2) is 83.7 Å². The molecule has 3 aromatic carbocycles. The highest BCUT2D eigenvalue weighted by atomic mass is 16.2. The number of rotatable bonds is 5. The summed E-state index contributed by atoms with van der Waals surface area (Å²) in [5.74, 6) is 0.360. The lowest BCUT2D eigenvalue weighted by Crippen LogP contribution is -2.31. The standard InChI is InChI=1S/C24H21N3O2/c1-17-8-7-11-19(14-17)24(29)27(15-18-9-3-2-4-10-18)16-22-25-21-13-6-5-12-20(21)23(28)26-22/h2-14H,15-16H2,1H3,(H,25,26,28).